The number of benzene rings is 1. The molecule has 0 atom stereocenters. The molecule has 0 saturated heterocycles. The van der Waals surface area contributed by atoms with Gasteiger partial charge in [0.25, 0.3) is 0 Å². The first-order valence-electron chi connectivity index (χ1n) is 6.03. The van der Waals surface area contributed by atoms with Gasteiger partial charge in [0.2, 0.25) is 11.8 Å². The maximum atomic E-state index is 5.09. The summed E-state index contributed by atoms with van der Waals surface area (Å²) in [6.07, 6.45) is 1.73. The van der Waals surface area contributed by atoms with Gasteiger partial charge in [-0.3, -0.25) is 0 Å². The fourth-order valence-corrected chi connectivity index (χ4v) is 1.89. The Bertz CT molecular complexity index is 659. The van der Waals surface area contributed by atoms with Gasteiger partial charge in [-0.05, 0) is 23.8 Å². The number of fused-ring (bicyclic) bond motifs is 1. The number of hydrogen-bond acceptors (Lipinski definition) is 4. The van der Waals surface area contributed by atoms with Gasteiger partial charge >= 0.3 is 0 Å². The van der Waals surface area contributed by atoms with E-state index in [2.05, 4.69) is 20.3 Å². The zero-order valence-electron chi connectivity index (χ0n) is 10.6. The summed E-state index contributed by atoms with van der Waals surface area (Å²) in [6.45, 7) is 0.665. The summed E-state index contributed by atoms with van der Waals surface area (Å²) < 4.78 is 5.09. The highest BCUT2D eigenvalue weighted by Gasteiger charge is 2.02. The Morgan fingerprint density at radius 3 is 3.00 bits per heavy atom. The molecule has 0 fully saturated rings. The van der Waals surface area contributed by atoms with Crippen molar-refractivity contribution in [2.45, 2.75) is 6.54 Å². The summed E-state index contributed by atoms with van der Waals surface area (Å²) in [4.78, 5) is 11.8. The van der Waals surface area contributed by atoms with Gasteiger partial charge in [0.05, 0.1) is 18.1 Å². The lowest BCUT2D eigenvalue weighted by molar-refractivity contribution is 0.397. The Morgan fingerprint density at radius 1 is 1.26 bits per heavy atom. The first kappa shape index (κ1) is 11.5. The number of aromatic amines is 1. The van der Waals surface area contributed by atoms with Crippen LogP contribution in [0.3, 0.4) is 0 Å². The molecule has 0 aliphatic rings. The summed E-state index contributed by atoms with van der Waals surface area (Å²) in [6, 6.07) is 11.8. The van der Waals surface area contributed by atoms with Crippen LogP contribution in [0.5, 0.6) is 5.88 Å². The highest BCUT2D eigenvalue weighted by Crippen LogP contribution is 2.15. The maximum Gasteiger partial charge on any atom is 0.213 e. The molecule has 0 aliphatic carbocycles. The van der Waals surface area contributed by atoms with E-state index in [1.807, 2.05) is 36.4 Å². The van der Waals surface area contributed by atoms with Crippen LogP contribution < -0.4 is 10.1 Å². The van der Waals surface area contributed by atoms with E-state index in [9.17, 15) is 0 Å². The fraction of sp³-hybridized carbons (Fsp3) is 0.143. The van der Waals surface area contributed by atoms with Gasteiger partial charge in [0, 0.05) is 18.8 Å². The molecule has 0 bridgehead atoms. The van der Waals surface area contributed by atoms with Crippen molar-refractivity contribution >= 4 is 17.0 Å². The van der Waals surface area contributed by atoms with Crippen LogP contribution in [0.1, 0.15) is 5.56 Å². The molecule has 3 aromatic rings. The quantitative estimate of drug-likeness (QED) is 0.751. The minimum atomic E-state index is 0.615. The average molecular weight is 254 g/mol. The van der Waals surface area contributed by atoms with Crippen LogP contribution in [0, 0.1) is 0 Å². The van der Waals surface area contributed by atoms with Crippen LogP contribution in [-0.4, -0.2) is 22.1 Å². The van der Waals surface area contributed by atoms with Crippen LogP contribution in [0.25, 0.3) is 11.0 Å². The molecule has 0 radical (unpaired) electrons. The third-order valence-corrected chi connectivity index (χ3v) is 2.86. The van der Waals surface area contributed by atoms with E-state index in [1.54, 1.807) is 13.3 Å². The van der Waals surface area contributed by atoms with Crippen molar-refractivity contribution in [3.8, 4) is 5.88 Å². The minimum absolute atomic E-state index is 0.615. The topological polar surface area (TPSA) is 62.8 Å². The highest BCUT2D eigenvalue weighted by molar-refractivity contribution is 5.77. The fourth-order valence-electron chi connectivity index (χ4n) is 1.89. The third-order valence-electron chi connectivity index (χ3n) is 2.86. The molecule has 3 rings (SSSR count). The maximum absolute atomic E-state index is 5.09. The van der Waals surface area contributed by atoms with Gasteiger partial charge in [0.1, 0.15) is 0 Å². The van der Waals surface area contributed by atoms with Gasteiger partial charge in [-0.15, -0.1) is 0 Å². The van der Waals surface area contributed by atoms with E-state index in [0.29, 0.717) is 12.4 Å². The molecule has 0 saturated carbocycles. The number of H-pyrrole nitrogens is 1. The zero-order valence-corrected chi connectivity index (χ0v) is 10.6. The number of aromatic nitrogens is 3. The largest absolute Gasteiger partial charge is 0.481 e. The number of ether oxygens (including phenoxy) is 1. The molecule has 0 spiro atoms. The summed E-state index contributed by atoms with van der Waals surface area (Å²) in [5.74, 6) is 1.38. The van der Waals surface area contributed by atoms with E-state index in [4.69, 9.17) is 4.74 Å². The molecular weight excluding hydrogens is 240 g/mol. The predicted molar refractivity (Wildman–Crippen MR) is 74.2 cm³/mol. The molecule has 19 heavy (non-hydrogen) atoms. The Labute approximate surface area is 110 Å². The minimum Gasteiger partial charge on any atom is -0.481 e. The summed E-state index contributed by atoms with van der Waals surface area (Å²) in [5.41, 5.74) is 3.07. The Morgan fingerprint density at radius 2 is 2.16 bits per heavy atom. The Hall–Kier alpha value is -2.56. The number of pyridine rings is 1. The van der Waals surface area contributed by atoms with Crippen LogP contribution in [0.15, 0.2) is 42.6 Å². The first-order valence-corrected chi connectivity index (χ1v) is 6.03. The Balaban J connectivity index is 1.74. The molecule has 2 N–H and O–H groups in total. The number of methoxy groups -OCH3 is 1. The zero-order chi connectivity index (χ0) is 13.1. The highest BCUT2D eigenvalue weighted by atomic mass is 16.5. The summed E-state index contributed by atoms with van der Waals surface area (Å²) in [5, 5.41) is 3.25. The van der Waals surface area contributed by atoms with E-state index in [1.165, 1.54) is 0 Å². The van der Waals surface area contributed by atoms with Crippen LogP contribution in [-0.2, 0) is 6.54 Å². The van der Waals surface area contributed by atoms with E-state index < -0.39 is 0 Å². The van der Waals surface area contributed by atoms with Crippen LogP contribution in [0.2, 0.25) is 0 Å². The number of nitrogens with zero attached hydrogens (tertiary/aromatic N) is 2. The van der Waals surface area contributed by atoms with Crippen molar-refractivity contribution in [1.29, 1.82) is 0 Å². The second-order valence-corrected chi connectivity index (χ2v) is 4.16. The van der Waals surface area contributed by atoms with E-state index >= 15 is 0 Å². The van der Waals surface area contributed by atoms with Crippen molar-refractivity contribution < 1.29 is 4.74 Å². The van der Waals surface area contributed by atoms with Gasteiger partial charge in [-0.2, -0.15) is 0 Å². The lowest BCUT2D eigenvalue weighted by atomic mass is 10.2. The first-order chi connectivity index (χ1) is 9.35. The van der Waals surface area contributed by atoms with Crippen molar-refractivity contribution in [3.63, 3.8) is 0 Å². The Kier molecular flexibility index (Phi) is 3.02. The normalized spacial score (nSPS) is 10.6. The molecule has 5 nitrogen and oxygen atoms in total. The van der Waals surface area contributed by atoms with Gasteiger partial charge in [-0.1, -0.05) is 12.1 Å². The second kappa shape index (κ2) is 4.97. The molecule has 96 valence electrons. The van der Waals surface area contributed by atoms with Gasteiger partial charge < -0.3 is 15.0 Å². The molecule has 5 heteroatoms. The lowest BCUT2D eigenvalue weighted by Crippen LogP contribution is -2.01. The number of hydrogen-bond donors (Lipinski definition) is 2. The summed E-state index contributed by atoms with van der Waals surface area (Å²) >= 11 is 0. The van der Waals surface area contributed by atoms with Crippen molar-refractivity contribution in [1.82, 2.24) is 15.0 Å². The third kappa shape index (κ3) is 2.49. The van der Waals surface area contributed by atoms with E-state index in [-0.39, 0.29) is 0 Å². The average Bonchev–Trinajstić information content (AvgIpc) is 2.88. The molecule has 0 amide bonds. The smallest absolute Gasteiger partial charge is 0.213 e. The monoisotopic (exact) mass is 254 g/mol. The SMILES string of the molecule is COc1cc(CNc2nc3ccccc3[nH]2)ccn1. The molecule has 2 aromatic heterocycles. The molecule has 0 unspecified atom stereocenters. The standard InChI is InChI=1S/C14H14N4O/c1-19-13-8-10(6-7-15-13)9-16-14-17-11-4-2-3-5-12(11)18-14/h2-8H,9H2,1H3,(H2,16,17,18). The van der Waals surface area contributed by atoms with Crippen molar-refractivity contribution in [2.24, 2.45) is 0 Å². The number of anilines is 1. The molecule has 2 heterocycles. The predicted octanol–water partition coefficient (Wildman–Crippen LogP) is 2.58. The molecular formula is C14H14N4O. The number of imidazole rings is 1. The van der Waals surface area contributed by atoms with Crippen LogP contribution in [0.4, 0.5) is 5.95 Å². The van der Waals surface area contributed by atoms with Crippen molar-refractivity contribution in [2.75, 3.05) is 12.4 Å². The molecule has 0 aliphatic heterocycles. The van der Waals surface area contributed by atoms with Gasteiger partial charge in [-0.25, -0.2) is 9.97 Å². The summed E-state index contributed by atoms with van der Waals surface area (Å²) in [7, 11) is 1.61. The second-order valence-electron chi connectivity index (χ2n) is 4.16. The number of para-hydroxylation sites is 2. The molecule has 1 aromatic carbocycles. The number of rotatable bonds is 4. The lowest BCUT2D eigenvalue weighted by Gasteiger charge is -2.04. The van der Waals surface area contributed by atoms with Crippen LogP contribution >= 0.6 is 0 Å². The van der Waals surface area contributed by atoms with Gasteiger partial charge in [0.15, 0.2) is 0 Å². The van der Waals surface area contributed by atoms with Crippen molar-refractivity contribution in [3.05, 3.63) is 48.2 Å². The number of nitrogens with one attached hydrogen (secondary N) is 2. The van der Waals surface area contributed by atoms with E-state index in [0.717, 1.165) is 22.5 Å².